The fourth-order valence-corrected chi connectivity index (χ4v) is 2.87. The van der Waals surface area contributed by atoms with E-state index in [1.165, 1.54) is 6.07 Å². The van der Waals surface area contributed by atoms with Gasteiger partial charge in [0.05, 0.1) is 6.61 Å². The second-order valence-electron chi connectivity index (χ2n) is 5.67. The molecule has 122 valence electrons. The summed E-state index contributed by atoms with van der Waals surface area (Å²) < 4.78 is 5.55. The number of likely N-dealkylation sites (N-methyl/N-ethyl adjacent to an activating group) is 1. The Bertz CT molecular complexity index is 756. The predicted molar refractivity (Wildman–Crippen MR) is 88.3 cm³/mol. The summed E-state index contributed by atoms with van der Waals surface area (Å²) in [4.78, 5) is 29.0. The van der Waals surface area contributed by atoms with Crippen molar-refractivity contribution < 1.29 is 9.53 Å². The summed E-state index contributed by atoms with van der Waals surface area (Å²) in [7, 11) is 0. The number of nitrogens with one attached hydrogen (secondary N) is 2. The standard InChI is InChI=1S/C17H21N3O3/c1-2-20-7-8-23-15(11-20)17(22)18-10-12-9-16(21)19-14-6-4-3-5-13(12)14/h3-6,9,15H,2,7-8,10-11H2,1H3,(H,18,22)(H,19,21). The maximum absolute atomic E-state index is 12.3. The van der Waals surface area contributed by atoms with Gasteiger partial charge in [-0.15, -0.1) is 0 Å². The third-order valence-corrected chi connectivity index (χ3v) is 4.18. The number of aromatic amines is 1. The van der Waals surface area contributed by atoms with Gasteiger partial charge in [-0.2, -0.15) is 0 Å². The molecule has 1 aliphatic rings. The van der Waals surface area contributed by atoms with E-state index in [0.29, 0.717) is 19.7 Å². The second-order valence-corrected chi connectivity index (χ2v) is 5.67. The molecule has 0 spiro atoms. The molecule has 1 unspecified atom stereocenters. The number of benzene rings is 1. The van der Waals surface area contributed by atoms with Gasteiger partial charge in [0.15, 0.2) is 0 Å². The van der Waals surface area contributed by atoms with Crippen LogP contribution in [-0.4, -0.2) is 48.1 Å². The number of H-pyrrole nitrogens is 1. The van der Waals surface area contributed by atoms with E-state index in [9.17, 15) is 9.59 Å². The molecule has 3 rings (SSSR count). The van der Waals surface area contributed by atoms with Crippen molar-refractivity contribution in [3.8, 4) is 0 Å². The van der Waals surface area contributed by atoms with Gasteiger partial charge < -0.3 is 15.0 Å². The van der Waals surface area contributed by atoms with E-state index in [4.69, 9.17) is 4.74 Å². The van der Waals surface area contributed by atoms with E-state index in [2.05, 4.69) is 22.1 Å². The summed E-state index contributed by atoms with van der Waals surface area (Å²) in [5.74, 6) is -0.132. The number of amides is 1. The summed E-state index contributed by atoms with van der Waals surface area (Å²) in [5, 5.41) is 3.83. The first-order valence-corrected chi connectivity index (χ1v) is 7.90. The molecule has 2 N–H and O–H groups in total. The van der Waals surface area contributed by atoms with Crippen LogP contribution in [0.5, 0.6) is 0 Å². The lowest BCUT2D eigenvalue weighted by atomic mass is 10.1. The monoisotopic (exact) mass is 315 g/mol. The average molecular weight is 315 g/mol. The molecule has 1 aromatic heterocycles. The topological polar surface area (TPSA) is 74.4 Å². The molecule has 0 aliphatic carbocycles. The number of morpholine rings is 1. The van der Waals surface area contributed by atoms with Crippen LogP contribution < -0.4 is 10.9 Å². The highest BCUT2D eigenvalue weighted by Gasteiger charge is 2.25. The van der Waals surface area contributed by atoms with Gasteiger partial charge in [-0.05, 0) is 18.2 Å². The maximum atomic E-state index is 12.3. The van der Waals surface area contributed by atoms with Crippen molar-refractivity contribution in [2.45, 2.75) is 19.6 Å². The number of hydrogen-bond acceptors (Lipinski definition) is 4. The fraction of sp³-hybridized carbons (Fsp3) is 0.412. The number of aromatic nitrogens is 1. The van der Waals surface area contributed by atoms with Gasteiger partial charge in [-0.25, -0.2) is 0 Å². The first-order valence-electron chi connectivity index (χ1n) is 7.90. The van der Waals surface area contributed by atoms with Crippen molar-refractivity contribution in [2.24, 2.45) is 0 Å². The van der Waals surface area contributed by atoms with Gasteiger partial charge in [0.25, 0.3) is 5.91 Å². The summed E-state index contributed by atoms with van der Waals surface area (Å²) in [5.41, 5.74) is 1.41. The van der Waals surface area contributed by atoms with E-state index in [1.54, 1.807) is 0 Å². The normalized spacial score (nSPS) is 18.9. The molecule has 1 fully saturated rings. The highest BCUT2D eigenvalue weighted by Crippen LogP contribution is 2.14. The van der Waals surface area contributed by atoms with Crippen LogP contribution in [0.4, 0.5) is 0 Å². The number of carbonyl (C=O) groups excluding carboxylic acids is 1. The molecule has 1 aliphatic heterocycles. The minimum absolute atomic E-state index is 0.132. The molecular formula is C17H21N3O3. The van der Waals surface area contributed by atoms with Crippen LogP contribution in [0.2, 0.25) is 0 Å². The number of nitrogens with zero attached hydrogens (tertiary/aromatic N) is 1. The van der Waals surface area contributed by atoms with Crippen LogP contribution in [-0.2, 0) is 16.1 Å². The number of rotatable bonds is 4. The van der Waals surface area contributed by atoms with E-state index in [0.717, 1.165) is 29.6 Å². The van der Waals surface area contributed by atoms with Crippen molar-refractivity contribution >= 4 is 16.8 Å². The molecule has 0 bridgehead atoms. The van der Waals surface area contributed by atoms with Gasteiger partial charge in [-0.3, -0.25) is 14.5 Å². The largest absolute Gasteiger partial charge is 0.366 e. The molecule has 1 amide bonds. The Morgan fingerprint density at radius 3 is 3.09 bits per heavy atom. The molecule has 1 saturated heterocycles. The van der Waals surface area contributed by atoms with Crippen LogP contribution in [0.1, 0.15) is 12.5 Å². The quantitative estimate of drug-likeness (QED) is 0.878. The van der Waals surface area contributed by atoms with Crippen molar-refractivity contribution in [2.75, 3.05) is 26.2 Å². The predicted octanol–water partition coefficient (Wildman–Crippen LogP) is 0.865. The number of carbonyl (C=O) groups is 1. The van der Waals surface area contributed by atoms with E-state index in [-0.39, 0.29) is 11.5 Å². The highest BCUT2D eigenvalue weighted by molar-refractivity contribution is 5.84. The molecule has 0 saturated carbocycles. The van der Waals surface area contributed by atoms with Crippen LogP contribution in [0.25, 0.3) is 10.9 Å². The first-order chi connectivity index (χ1) is 11.2. The zero-order valence-electron chi connectivity index (χ0n) is 13.2. The number of hydrogen-bond donors (Lipinski definition) is 2. The Morgan fingerprint density at radius 2 is 2.26 bits per heavy atom. The highest BCUT2D eigenvalue weighted by atomic mass is 16.5. The average Bonchev–Trinajstić information content (AvgIpc) is 2.59. The lowest BCUT2D eigenvalue weighted by molar-refractivity contribution is -0.138. The van der Waals surface area contributed by atoms with E-state index < -0.39 is 6.10 Å². The lowest BCUT2D eigenvalue weighted by Gasteiger charge is -2.31. The van der Waals surface area contributed by atoms with Crippen molar-refractivity contribution in [1.29, 1.82) is 0 Å². The maximum Gasteiger partial charge on any atom is 0.250 e. The summed E-state index contributed by atoms with van der Waals surface area (Å²) in [6, 6.07) is 9.10. The Balaban J connectivity index is 1.71. The Kier molecular flexibility index (Phi) is 4.73. The molecule has 23 heavy (non-hydrogen) atoms. The molecule has 6 nitrogen and oxygen atoms in total. The first kappa shape index (κ1) is 15.7. The number of pyridine rings is 1. The van der Waals surface area contributed by atoms with Crippen molar-refractivity contribution in [3.05, 3.63) is 46.2 Å². The minimum atomic E-state index is -0.447. The SMILES string of the molecule is CCN1CCOC(C(=O)NCc2cc(=O)[nH]c3ccccc23)C1. The molecular weight excluding hydrogens is 294 g/mol. The van der Waals surface area contributed by atoms with Crippen molar-refractivity contribution in [3.63, 3.8) is 0 Å². The summed E-state index contributed by atoms with van der Waals surface area (Å²) in [6.45, 7) is 5.33. The number of ether oxygens (including phenoxy) is 1. The number of para-hydroxylation sites is 1. The third kappa shape index (κ3) is 3.60. The Morgan fingerprint density at radius 1 is 1.43 bits per heavy atom. The van der Waals surface area contributed by atoms with Gasteiger partial charge >= 0.3 is 0 Å². The molecule has 1 atom stereocenters. The minimum Gasteiger partial charge on any atom is -0.366 e. The molecule has 6 heteroatoms. The summed E-state index contributed by atoms with van der Waals surface area (Å²) in [6.07, 6.45) is -0.447. The van der Waals surface area contributed by atoms with Gasteiger partial charge in [0, 0.05) is 36.6 Å². The molecule has 0 radical (unpaired) electrons. The van der Waals surface area contributed by atoms with Gasteiger partial charge in [0.1, 0.15) is 6.10 Å². The summed E-state index contributed by atoms with van der Waals surface area (Å²) >= 11 is 0. The Hall–Kier alpha value is -2.18. The van der Waals surface area contributed by atoms with E-state index in [1.807, 2.05) is 24.3 Å². The zero-order chi connectivity index (χ0) is 16.2. The lowest BCUT2D eigenvalue weighted by Crippen LogP contribution is -2.49. The molecule has 1 aromatic carbocycles. The van der Waals surface area contributed by atoms with Crippen LogP contribution in [0, 0.1) is 0 Å². The molecule has 2 aromatic rings. The van der Waals surface area contributed by atoms with Crippen LogP contribution in [0.3, 0.4) is 0 Å². The van der Waals surface area contributed by atoms with Crippen molar-refractivity contribution in [1.82, 2.24) is 15.2 Å². The smallest absolute Gasteiger partial charge is 0.250 e. The molecule has 2 heterocycles. The van der Waals surface area contributed by atoms with Gasteiger partial charge in [-0.1, -0.05) is 25.1 Å². The second kappa shape index (κ2) is 6.93. The van der Waals surface area contributed by atoms with Gasteiger partial charge in [0.2, 0.25) is 5.56 Å². The van der Waals surface area contributed by atoms with Crippen LogP contribution >= 0.6 is 0 Å². The fourth-order valence-electron chi connectivity index (χ4n) is 2.87. The number of fused-ring (bicyclic) bond motifs is 1. The van der Waals surface area contributed by atoms with Crippen LogP contribution in [0.15, 0.2) is 35.1 Å². The third-order valence-electron chi connectivity index (χ3n) is 4.18. The zero-order valence-corrected chi connectivity index (χ0v) is 13.2. The van der Waals surface area contributed by atoms with E-state index >= 15 is 0 Å². The Labute approximate surface area is 134 Å².